The van der Waals surface area contributed by atoms with E-state index in [1.165, 1.54) is 7.11 Å². The van der Waals surface area contributed by atoms with Gasteiger partial charge in [-0.2, -0.15) is 0 Å². The molecule has 15 heavy (non-hydrogen) atoms. The van der Waals surface area contributed by atoms with E-state index in [4.69, 9.17) is 0 Å². The molecular weight excluding hydrogens is 192 g/mol. The Labute approximate surface area is 90.4 Å². The zero-order valence-electron chi connectivity index (χ0n) is 9.70. The van der Waals surface area contributed by atoms with Gasteiger partial charge in [0.15, 0.2) is 0 Å². The lowest BCUT2D eigenvalue weighted by molar-refractivity contribution is -0.136. The fourth-order valence-electron chi connectivity index (χ4n) is 1.73. The molecule has 0 aromatic carbocycles. The predicted molar refractivity (Wildman–Crippen MR) is 58.4 cm³/mol. The average Bonchev–Trinajstić information content (AvgIpc) is 2.15. The van der Waals surface area contributed by atoms with Crippen LogP contribution in [0.25, 0.3) is 0 Å². The van der Waals surface area contributed by atoms with E-state index in [0.717, 1.165) is 0 Å². The van der Waals surface area contributed by atoms with Crippen molar-refractivity contribution in [2.75, 3.05) is 7.11 Å². The zero-order chi connectivity index (χ0) is 11.6. The van der Waals surface area contributed by atoms with Crippen LogP contribution in [0.4, 0.5) is 0 Å². The van der Waals surface area contributed by atoms with Crippen LogP contribution in [0.5, 0.6) is 0 Å². The second kappa shape index (κ2) is 4.09. The highest BCUT2D eigenvalue weighted by molar-refractivity contribution is 5.89. The number of carbonyl (C=O) groups is 1. The molecule has 0 heterocycles. The van der Waals surface area contributed by atoms with E-state index in [1.807, 2.05) is 20.8 Å². The summed E-state index contributed by atoms with van der Waals surface area (Å²) >= 11 is 0. The van der Waals surface area contributed by atoms with Crippen molar-refractivity contribution in [1.29, 1.82) is 0 Å². The minimum atomic E-state index is -0.312. The monoisotopic (exact) mass is 210 g/mol. The SMILES string of the molecule is COC(=O)C1=CC=C(O)C(C(C)(C)C)C1. The third-order valence-corrected chi connectivity index (χ3v) is 2.73. The maximum absolute atomic E-state index is 11.3. The minimum Gasteiger partial charge on any atom is -0.512 e. The first-order chi connectivity index (χ1) is 6.86. The van der Waals surface area contributed by atoms with E-state index in [1.54, 1.807) is 12.2 Å². The number of hydrogen-bond acceptors (Lipinski definition) is 3. The molecule has 0 spiro atoms. The van der Waals surface area contributed by atoms with Gasteiger partial charge in [0.25, 0.3) is 0 Å². The average molecular weight is 210 g/mol. The number of aliphatic hydroxyl groups excluding tert-OH is 1. The third kappa shape index (κ3) is 2.61. The molecule has 3 nitrogen and oxygen atoms in total. The summed E-state index contributed by atoms with van der Waals surface area (Å²) in [5.41, 5.74) is 0.559. The number of ether oxygens (including phenoxy) is 1. The van der Waals surface area contributed by atoms with Crippen LogP contribution in [0.15, 0.2) is 23.5 Å². The summed E-state index contributed by atoms with van der Waals surface area (Å²) < 4.78 is 4.67. The van der Waals surface area contributed by atoms with Crippen molar-refractivity contribution < 1.29 is 14.6 Å². The highest BCUT2D eigenvalue weighted by Crippen LogP contribution is 2.38. The molecule has 1 N–H and O–H groups in total. The summed E-state index contributed by atoms with van der Waals surface area (Å²) in [5.74, 6) is 0.0137. The summed E-state index contributed by atoms with van der Waals surface area (Å²) in [6, 6.07) is 0. The molecule has 0 saturated heterocycles. The van der Waals surface area contributed by atoms with Gasteiger partial charge in [0.1, 0.15) is 0 Å². The molecule has 3 heteroatoms. The van der Waals surface area contributed by atoms with Crippen molar-refractivity contribution in [3.8, 4) is 0 Å². The van der Waals surface area contributed by atoms with Crippen molar-refractivity contribution in [2.45, 2.75) is 27.2 Å². The Morgan fingerprint density at radius 2 is 2.07 bits per heavy atom. The molecule has 0 aromatic heterocycles. The molecular formula is C12H18O3. The Kier molecular flexibility index (Phi) is 3.22. The smallest absolute Gasteiger partial charge is 0.333 e. The molecule has 1 rings (SSSR count). The second-order valence-corrected chi connectivity index (χ2v) is 4.90. The summed E-state index contributed by atoms with van der Waals surface area (Å²) in [6.45, 7) is 6.13. The quantitative estimate of drug-likeness (QED) is 0.677. The highest BCUT2D eigenvalue weighted by atomic mass is 16.5. The molecule has 0 saturated carbocycles. The van der Waals surface area contributed by atoms with E-state index >= 15 is 0 Å². The van der Waals surface area contributed by atoms with Gasteiger partial charge in [0.2, 0.25) is 0 Å². The Hall–Kier alpha value is -1.25. The van der Waals surface area contributed by atoms with Crippen LogP contribution in [0.1, 0.15) is 27.2 Å². The van der Waals surface area contributed by atoms with Crippen LogP contribution < -0.4 is 0 Å². The Bertz CT molecular complexity index is 318. The lowest BCUT2D eigenvalue weighted by Crippen LogP contribution is -2.26. The van der Waals surface area contributed by atoms with Gasteiger partial charge in [-0.05, 0) is 24.0 Å². The molecule has 1 aliphatic carbocycles. The Balaban J connectivity index is 2.90. The molecule has 0 fully saturated rings. The molecule has 0 amide bonds. The highest BCUT2D eigenvalue weighted by Gasteiger charge is 2.32. The first-order valence-corrected chi connectivity index (χ1v) is 5.04. The Morgan fingerprint density at radius 3 is 2.53 bits per heavy atom. The van der Waals surface area contributed by atoms with E-state index < -0.39 is 0 Å². The predicted octanol–water partition coefficient (Wildman–Crippen LogP) is 2.59. The molecule has 0 bridgehead atoms. The maximum Gasteiger partial charge on any atom is 0.333 e. The van der Waals surface area contributed by atoms with Crippen LogP contribution in [0.2, 0.25) is 0 Å². The fourth-order valence-corrected chi connectivity index (χ4v) is 1.73. The van der Waals surface area contributed by atoms with Crippen molar-refractivity contribution >= 4 is 5.97 Å². The van der Waals surface area contributed by atoms with Gasteiger partial charge in [0, 0.05) is 11.5 Å². The lowest BCUT2D eigenvalue weighted by Gasteiger charge is -2.32. The third-order valence-electron chi connectivity index (χ3n) is 2.73. The number of esters is 1. The van der Waals surface area contributed by atoms with Crippen LogP contribution in [-0.4, -0.2) is 18.2 Å². The first kappa shape index (κ1) is 11.8. The molecule has 1 unspecified atom stereocenters. The van der Waals surface area contributed by atoms with E-state index in [9.17, 15) is 9.90 Å². The van der Waals surface area contributed by atoms with Gasteiger partial charge >= 0.3 is 5.97 Å². The summed E-state index contributed by atoms with van der Waals surface area (Å²) in [6.07, 6.45) is 3.76. The van der Waals surface area contributed by atoms with Crippen molar-refractivity contribution in [3.63, 3.8) is 0 Å². The molecule has 84 valence electrons. The summed E-state index contributed by atoms with van der Waals surface area (Å²) in [7, 11) is 1.37. The van der Waals surface area contributed by atoms with Gasteiger partial charge in [-0.15, -0.1) is 0 Å². The fraction of sp³-hybridized carbons (Fsp3) is 0.583. The van der Waals surface area contributed by atoms with Gasteiger partial charge in [-0.3, -0.25) is 0 Å². The van der Waals surface area contributed by atoms with Crippen LogP contribution in [-0.2, 0) is 9.53 Å². The van der Waals surface area contributed by atoms with Crippen LogP contribution in [0.3, 0.4) is 0 Å². The Morgan fingerprint density at radius 1 is 1.47 bits per heavy atom. The van der Waals surface area contributed by atoms with Crippen molar-refractivity contribution in [2.24, 2.45) is 11.3 Å². The van der Waals surface area contributed by atoms with Gasteiger partial charge < -0.3 is 9.84 Å². The van der Waals surface area contributed by atoms with Crippen LogP contribution in [0, 0.1) is 11.3 Å². The van der Waals surface area contributed by atoms with Gasteiger partial charge in [-0.1, -0.05) is 20.8 Å². The number of carbonyl (C=O) groups excluding carboxylic acids is 1. The van der Waals surface area contributed by atoms with Crippen molar-refractivity contribution in [1.82, 2.24) is 0 Å². The van der Waals surface area contributed by atoms with E-state index in [2.05, 4.69) is 4.74 Å². The van der Waals surface area contributed by atoms with Crippen LogP contribution >= 0.6 is 0 Å². The maximum atomic E-state index is 11.3. The van der Waals surface area contributed by atoms with Gasteiger partial charge in [0.05, 0.1) is 12.9 Å². The van der Waals surface area contributed by atoms with E-state index in [0.29, 0.717) is 17.8 Å². The normalized spacial score (nSPS) is 21.7. The number of hydrogen-bond donors (Lipinski definition) is 1. The zero-order valence-corrected chi connectivity index (χ0v) is 9.70. The molecule has 0 aromatic rings. The second-order valence-electron chi connectivity index (χ2n) is 4.90. The number of allylic oxidation sites excluding steroid dienone is 3. The van der Waals surface area contributed by atoms with E-state index in [-0.39, 0.29) is 17.3 Å². The molecule has 1 aliphatic rings. The molecule has 0 radical (unpaired) electrons. The first-order valence-electron chi connectivity index (χ1n) is 5.04. The standard InChI is InChI=1S/C12H18O3/c1-12(2,3)9-7-8(11(14)15-4)5-6-10(9)13/h5-6,9,13H,7H2,1-4H3. The molecule has 1 atom stereocenters. The lowest BCUT2D eigenvalue weighted by atomic mass is 9.74. The topological polar surface area (TPSA) is 46.5 Å². The summed E-state index contributed by atoms with van der Waals surface area (Å²) in [5, 5.41) is 9.74. The largest absolute Gasteiger partial charge is 0.512 e. The van der Waals surface area contributed by atoms with Gasteiger partial charge in [-0.25, -0.2) is 4.79 Å². The number of methoxy groups -OCH3 is 1. The number of rotatable bonds is 1. The number of aliphatic hydroxyl groups is 1. The minimum absolute atomic E-state index is 0.0170. The summed E-state index contributed by atoms with van der Waals surface area (Å²) in [4.78, 5) is 11.3. The molecule has 0 aliphatic heterocycles. The van der Waals surface area contributed by atoms with Crippen molar-refractivity contribution in [3.05, 3.63) is 23.5 Å².